The molecule has 3 heteroatoms. The Labute approximate surface area is 64.7 Å². The van der Waals surface area contributed by atoms with Crippen molar-refractivity contribution < 1.29 is 9.53 Å². The Kier molecular flexibility index (Phi) is 4.03. The number of carbonyl (C=O) groups excluding carboxylic acids is 1. The quantitative estimate of drug-likeness (QED) is 0.335. The van der Waals surface area contributed by atoms with Crippen LogP contribution in [0, 0.1) is 0 Å². The molecule has 0 aromatic carbocycles. The van der Waals surface area contributed by atoms with E-state index in [1.54, 1.807) is 0 Å². The Bertz CT molecular complexity index is 141. The fraction of sp³-hybridized carbons (Fsp3) is 0.571. The predicted octanol–water partition coefficient (Wildman–Crippen LogP) is 0.278. The van der Waals surface area contributed by atoms with Crippen molar-refractivity contribution >= 4 is 16.2 Å². The summed E-state index contributed by atoms with van der Waals surface area (Å²) in [5.41, 5.74) is 0.598. The SMILES string of the molecule is C=C(C[SiH3])C(=O)OC(C)C. The predicted molar refractivity (Wildman–Crippen MR) is 45.1 cm³/mol. The van der Waals surface area contributed by atoms with E-state index in [9.17, 15) is 4.79 Å². The molecule has 0 bridgehead atoms. The molecule has 10 heavy (non-hydrogen) atoms. The van der Waals surface area contributed by atoms with E-state index in [1.165, 1.54) is 0 Å². The summed E-state index contributed by atoms with van der Waals surface area (Å²) < 4.78 is 4.89. The highest BCUT2D eigenvalue weighted by Gasteiger charge is 2.06. The van der Waals surface area contributed by atoms with Gasteiger partial charge in [0.05, 0.1) is 6.10 Å². The van der Waals surface area contributed by atoms with Crippen LogP contribution in [0.1, 0.15) is 13.8 Å². The molecule has 0 aliphatic heterocycles. The van der Waals surface area contributed by atoms with E-state index >= 15 is 0 Å². The van der Waals surface area contributed by atoms with Crippen LogP contribution in [0.15, 0.2) is 12.2 Å². The average Bonchev–Trinajstić information content (AvgIpc) is 1.85. The topological polar surface area (TPSA) is 26.3 Å². The summed E-state index contributed by atoms with van der Waals surface area (Å²) in [4.78, 5) is 10.9. The van der Waals surface area contributed by atoms with E-state index in [-0.39, 0.29) is 12.1 Å². The van der Waals surface area contributed by atoms with Gasteiger partial charge in [-0.2, -0.15) is 0 Å². The molecule has 0 saturated heterocycles. The molecule has 0 unspecified atom stereocenters. The Morgan fingerprint density at radius 3 is 2.50 bits per heavy atom. The minimum atomic E-state index is -0.245. The van der Waals surface area contributed by atoms with E-state index in [0.29, 0.717) is 5.57 Å². The molecule has 0 aliphatic rings. The lowest BCUT2D eigenvalue weighted by Crippen LogP contribution is -2.12. The average molecular weight is 158 g/mol. The summed E-state index contributed by atoms with van der Waals surface area (Å²) in [6.45, 7) is 7.25. The summed E-state index contributed by atoms with van der Waals surface area (Å²) in [6.07, 6.45) is -0.0301. The molecule has 0 atom stereocenters. The third-order valence-corrected chi connectivity index (χ3v) is 1.91. The lowest BCUT2D eigenvalue weighted by molar-refractivity contribution is -0.142. The maximum Gasteiger partial charge on any atom is 0.333 e. The van der Waals surface area contributed by atoms with Crippen LogP contribution >= 0.6 is 0 Å². The standard InChI is InChI=1S/C7H14O2Si/c1-5(2)9-7(8)6(3)4-10/h5H,3-4H2,1-2,10H3. The third-order valence-electron chi connectivity index (χ3n) is 1.06. The molecular weight excluding hydrogens is 144 g/mol. The van der Waals surface area contributed by atoms with Crippen molar-refractivity contribution in [3.8, 4) is 0 Å². The molecule has 0 aromatic heterocycles. The molecule has 0 amide bonds. The van der Waals surface area contributed by atoms with Gasteiger partial charge >= 0.3 is 5.97 Å². The molecule has 0 spiro atoms. The van der Waals surface area contributed by atoms with Crippen LogP contribution in [0.4, 0.5) is 0 Å². The Morgan fingerprint density at radius 1 is 1.70 bits per heavy atom. The van der Waals surface area contributed by atoms with Gasteiger partial charge in [0.25, 0.3) is 0 Å². The van der Waals surface area contributed by atoms with Gasteiger partial charge in [-0.3, -0.25) is 0 Å². The smallest absolute Gasteiger partial charge is 0.333 e. The van der Waals surface area contributed by atoms with Crippen LogP contribution in [0.5, 0.6) is 0 Å². The summed E-state index contributed by atoms with van der Waals surface area (Å²) in [5, 5.41) is 0. The second kappa shape index (κ2) is 4.28. The van der Waals surface area contributed by atoms with Crippen LogP contribution in [-0.2, 0) is 9.53 Å². The van der Waals surface area contributed by atoms with Crippen molar-refractivity contribution in [3.63, 3.8) is 0 Å². The molecule has 0 aliphatic carbocycles. The lowest BCUT2D eigenvalue weighted by atomic mass is 10.3. The van der Waals surface area contributed by atoms with Crippen molar-refractivity contribution in [3.05, 3.63) is 12.2 Å². The monoisotopic (exact) mass is 158 g/mol. The molecule has 2 nitrogen and oxygen atoms in total. The van der Waals surface area contributed by atoms with Crippen LogP contribution in [0.3, 0.4) is 0 Å². The maximum absolute atomic E-state index is 10.9. The number of rotatable bonds is 3. The van der Waals surface area contributed by atoms with Crippen molar-refractivity contribution in [1.29, 1.82) is 0 Å². The van der Waals surface area contributed by atoms with Gasteiger partial charge in [0.15, 0.2) is 0 Å². The first-order valence-corrected chi connectivity index (χ1v) is 4.88. The highest BCUT2D eigenvalue weighted by molar-refractivity contribution is 6.14. The zero-order valence-electron chi connectivity index (χ0n) is 6.81. The van der Waals surface area contributed by atoms with Gasteiger partial charge in [-0.25, -0.2) is 4.79 Å². The van der Waals surface area contributed by atoms with Gasteiger partial charge in [-0.15, -0.1) is 0 Å². The van der Waals surface area contributed by atoms with Gasteiger partial charge < -0.3 is 4.74 Å². The Morgan fingerprint density at radius 2 is 2.20 bits per heavy atom. The number of hydrogen-bond acceptors (Lipinski definition) is 2. The van der Waals surface area contributed by atoms with Gasteiger partial charge in [-0.05, 0) is 19.9 Å². The summed E-state index contributed by atoms with van der Waals surface area (Å²) in [6, 6.07) is 0.797. The minimum absolute atomic E-state index is 0.0301. The fourth-order valence-corrected chi connectivity index (χ4v) is 0.730. The van der Waals surface area contributed by atoms with Crippen LogP contribution in [0.25, 0.3) is 0 Å². The van der Waals surface area contributed by atoms with Gasteiger partial charge in [0.1, 0.15) is 0 Å². The van der Waals surface area contributed by atoms with E-state index < -0.39 is 0 Å². The zero-order chi connectivity index (χ0) is 8.15. The molecule has 0 N–H and O–H groups in total. The number of ether oxygens (including phenoxy) is 1. The molecule has 58 valence electrons. The van der Waals surface area contributed by atoms with Crippen molar-refractivity contribution in [2.45, 2.75) is 26.0 Å². The number of esters is 1. The second-order valence-electron chi connectivity index (χ2n) is 2.41. The summed E-state index contributed by atoms with van der Waals surface area (Å²) in [5.74, 6) is -0.245. The molecule has 0 heterocycles. The Hall–Kier alpha value is -0.573. The van der Waals surface area contributed by atoms with Gasteiger partial charge in [-0.1, -0.05) is 6.58 Å². The fourth-order valence-electron chi connectivity index (χ4n) is 0.442. The van der Waals surface area contributed by atoms with E-state index in [4.69, 9.17) is 4.74 Å². The van der Waals surface area contributed by atoms with Crippen molar-refractivity contribution in [2.24, 2.45) is 0 Å². The van der Waals surface area contributed by atoms with E-state index in [1.807, 2.05) is 13.8 Å². The highest BCUT2D eigenvalue weighted by Crippen LogP contribution is 2.00. The zero-order valence-corrected chi connectivity index (χ0v) is 8.81. The molecule has 0 saturated carbocycles. The largest absolute Gasteiger partial charge is 0.460 e. The molecular formula is C7H14O2Si. The van der Waals surface area contributed by atoms with Gasteiger partial charge in [0.2, 0.25) is 0 Å². The second-order valence-corrected chi connectivity index (χ2v) is 3.12. The maximum atomic E-state index is 10.9. The van der Waals surface area contributed by atoms with E-state index in [0.717, 1.165) is 16.3 Å². The highest BCUT2D eigenvalue weighted by atomic mass is 28.1. The third kappa shape index (κ3) is 3.45. The normalized spacial score (nSPS) is 9.90. The molecule has 0 fully saturated rings. The number of hydrogen-bond donors (Lipinski definition) is 0. The van der Waals surface area contributed by atoms with Crippen molar-refractivity contribution in [1.82, 2.24) is 0 Å². The van der Waals surface area contributed by atoms with Crippen LogP contribution in [-0.4, -0.2) is 22.3 Å². The Balaban J connectivity index is 3.74. The first kappa shape index (κ1) is 9.43. The van der Waals surface area contributed by atoms with Crippen molar-refractivity contribution in [2.75, 3.05) is 0 Å². The molecule has 0 radical (unpaired) electrons. The molecule has 0 aromatic rings. The first-order valence-electron chi connectivity index (χ1n) is 3.46. The lowest BCUT2D eigenvalue weighted by Gasteiger charge is -2.07. The minimum Gasteiger partial charge on any atom is -0.460 e. The van der Waals surface area contributed by atoms with Crippen LogP contribution < -0.4 is 0 Å². The summed E-state index contributed by atoms with van der Waals surface area (Å²) in [7, 11) is 0.971. The molecule has 0 rings (SSSR count). The summed E-state index contributed by atoms with van der Waals surface area (Å²) >= 11 is 0. The number of carbonyl (C=O) groups is 1. The van der Waals surface area contributed by atoms with E-state index in [2.05, 4.69) is 6.58 Å². The first-order chi connectivity index (χ1) is 4.57. The van der Waals surface area contributed by atoms with Gasteiger partial charge in [0, 0.05) is 15.8 Å². The van der Waals surface area contributed by atoms with Crippen LogP contribution in [0.2, 0.25) is 6.04 Å².